The van der Waals surface area contributed by atoms with Crippen molar-refractivity contribution in [3.63, 3.8) is 0 Å². The fourth-order valence-corrected chi connectivity index (χ4v) is 1.46. The highest BCUT2D eigenvalue weighted by molar-refractivity contribution is 9.10. The topological polar surface area (TPSA) is 75.4 Å². The smallest absolute Gasteiger partial charge is 0.292 e. The number of anilines is 1. The molecule has 2 N–H and O–H groups in total. The summed E-state index contributed by atoms with van der Waals surface area (Å²) in [5.41, 5.74) is 0.398. The lowest BCUT2D eigenvalue weighted by atomic mass is 10.2. The van der Waals surface area contributed by atoms with Gasteiger partial charge in [0.2, 0.25) is 0 Å². The molecule has 0 saturated carbocycles. The molecule has 15 heavy (non-hydrogen) atoms. The largest absolute Gasteiger partial charge is 0.394 e. The first-order valence-electron chi connectivity index (χ1n) is 4.36. The Hall–Kier alpha value is -1.14. The van der Waals surface area contributed by atoms with E-state index in [1.165, 1.54) is 6.07 Å². The molecule has 5 nitrogen and oxygen atoms in total. The summed E-state index contributed by atoms with van der Waals surface area (Å²) in [4.78, 5) is 10.2. The van der Waals surface area contributed by atoms with Gasteiger partial charge in [-0.15, -0.1) is 0 Å². The molecule has 1 unspecified atom stereocenters. The average Bonchev–Trinajstić information content (AvgIpc) is 2.17. The molecule has 1 atom stereocenters. The molecular formula is C9H11BrN2O3. The molecule has 6 heteroatoms. The monoisotopic (exact) mass is 274 g/mol. The number of aliphatic hydroxyl groups is 1. The van der Waals surface area contributed by atoms with Crippen LogP contribution in [0.15, 0.2) is 22.7 Å². The van der Waals surface area contributed by atoms with E-state index in [4.69, 9.17) is 5.11 Å². The fourth-order valence-electron chi connectivity index (χ4n) is 1.09. The molecule has 0 amide bonds. The first-order chi connectivity index (χ1) is 7.04. The standard InChI is InChI=1S/C9H11BrN2O3/c1-6(5-13)11-8-4-7(10)2-3-9(8)12(14)15/h2-4,6,11,13H,5H2,1H3. The molecule has 1 aromatic carbocycles. The number of nitro groups is 1. The summed E-state index contributed by atoms with van der Waals surface area (Å²) in [6.45, 7) is 1.66. The molecule has 0 aliphatic rings. The Morgan fingerprint density at radius 2 is 2.33 bits per heavy atom. The number of halogens is 1. The number of hydrogen-bond acceptors (Lipinski definition) is 4. The predicted octanol–water partition coefficient (Wildman–Crippen LogP) is 2.15. The zero-order valence-corrected chi connectivity index (χ0v) is 9.69. The molecule has 0 aromatic heterocycles. The number of benzene rings is 1. The summed E-state index contributed by atoms with van der Waals surface area (Å²) in [6, 6.07) is 4.41. The maximum Gasteiger partial charge on any atom is 0.292 e. The van der Waals surface area contributed by atoms with Gasteiger partial charge in [-0.2, -0.15) is 0 Å². The van der Waals surface area contributed by atoms with Crippen LogP contribution in [-0.4, -0.2) is 22.7 Å². The van der Waals surface area contributed by atoms with Gasteiger partial charge in [-0.25, -0.2) is 0 Å². The third kappa shape index (κ3) is 3.17. The zero-order chi connectivity index (χ0) is 11.4. The summed E-state index contributed by atoms with van der Waals surface area (Å²) in [6.07, 6.45) is 0. The van der Waals surface area contributed by atoms with Crippen molar-refractivity contribution in [3.8, 4) is 0 Å². The number of hydrogen-bond donors (Lipinski definition) is 2. The Kier molecular flexibility index (Phi) is 4.05. The van der Waals surface area contributed by atoms with Gasteiger partial charge in [0.05, 0.1) is 11.5 Å². The Morgan fingerprint density at radius 3 is 2.87 bits per heavy atom. The normalized spacial score (nSPS) is 12.2. The molecule has 0 radical (unpaired) electrons. The van der Waals surface area contributed by atoms with Crippen molar-refractivity contribution in [1.82, 2.24) is 0 Å². The minimum atomic E-state index is -0.459. The molecule has 0 heterocycles. The fraction of sp³-hybridized carbons (Fsp3) is 0.333. The molecule has 0 spiro atoms. The van der Waals surface area contributed by atoms with E-state index in [2.05, 4.69) is 21.2 Å². The van der Waals surface area contributed by atoms with Crippen LogP contribution in [-0.2, 0) is 0 Å². The maximum atomic E-state index is 10.7. The second kappa shape index (κ2) is 5.09. The van der Waals surface area contributed by atoms with E-state index in [1.54, 1.807) is 19.1 Å². The van der Waals surface area contributed by atoms with Gasteiger partial charge in [-0.05, 0) is 19.1 Å². The number of aliphatic hydroxyl groups excluding tert-OH is 1. The van der Waals surface area contributed by atoms with Gasteiger partial charge in [0.1, 0.15) is 5.69 Å². The van der Waals surface area contributed by atoms with Gasteiger partial charge in [-0.1, -0.05) is 15.9 Å². The van der Waals surface area contributed by atoms with Crippen LogP contribution in [0, 0.1) is 10.1 Å². The van der Waals surface area contributed by atoms with E-state index in [1.807, 2.05) is 0 Å². The number of rotatable bonds is 4. The minimum Gasteiger partial charge on any atom is -0.394 e. The first-order valence-corrected chi connectivity index (χ1v) is 5.15. The Morgan fingerprint density at radius 1 is 1.67 bits per heavy atom. The highest BCUT2D eigenvalue weighted by Crippen LogP contribution is 2.28. The second-order valence-corrected chi connectivity index (χ2v) is 4.06. The molecule has 1 rings (SSSR count). The van der Waals surface area contributed by atoms with Crippen molar-refractivity contribution < 1.29 is 10.0 Å². The van der Waals surface area contributed by atoms with E-state index >= 15 is 0 Å². The molecule has 1 aromatic rings. The molecule has 0 fully saturated rings. The number of nitro benzene ring substituents is 1. The van der Waals surface area contributed by atoms with Gasteiger partial charge >= 0.3 is 0 Å². The summed E-state index contributed by atoms with van der Waals surface area (Å²) in [5.74, 6) is 0. The van der Waals surface area contributed by atoms with Crippen molar-refractivity contribution in [2.24, 2.45) is 0 Å². The van der Waals surface area contributed by atoms with E-state index in [0.717, 1.165) is 4.47 Å². The first kappa shape index (κ1) is 11.9. The van der Waals surface area contributed by atoms with E-state index in [9.17, 15) is 10.1 Å². The van der Waals surface area contributed by atoms with E-state index in [-0.39, 0.29) is 18.3 Å². The second-order valence-electron chi connectivity index (χ2n) is 3.15. The van der Waals surface area contributed by atoms with Crippen LogP contribution < -0.4 is 5.32 Å². The Bertz CT molecular complexity index is 370. The van der Waals surface area contributed by atoms with Crippen molar-refractivity contribution >= 4 is 27.3 Å². The van der Waals surface area contributed by atoms with Crippen LogP contribution in [0.2, 0.25) is 0 Å². The SMILES string of the molecule is CC(CO)Nc1cc(Br)ccc1[N+](=O)[O-]. The van der Waals surface area contributed by atoms with Crippen LogP contribution in [0.5, 0.6) is 0 Å². The summed E-state index contributed by atoms with van der Waals surface area (Å²) >= 11 is 3.23. The molecule has 0 saturated heterocycles. The van der Waals surface area contributed by atoms with Crippen LogP contribution in [0.4, 0.5) is 11.4 Å². The van der Waals surface area contributed by atoms with Crippen LogP contribution in [0.1, 0.15) is 6.92 Å². The van der Waals surface area contributed by atoms with Crippen LogP contribution in [0.25, 0.3) is 0 Å². The van der Waals surface area contributed by atoms with E-state index in [0.29, 0.717) is 5.69 Å². The van der Waals surface area contributed by atoms with E-state index < -0.39 is 4.92 Å². The van der Waals surface area contributed by atoms with Gasteiger partial charge < -0.3 is 10.4 Å². The van der Waals surface area contributed by atoms with Crippen molar-refractivity contribution in [2.45, 2.75) is 13.0 Å². The zero-order valence-electron chi connectivity index (χ0n) is 8.11. The Labute approximate surface area is 95.4 Å². The number of nitrogens with one attached hydrogen (secondary N) is 1. The van der Waals surface area contributed by atoms with Gasteiger partial charge in [0.25, 0.3) is 5.69 Å². The van der Waals surface area contributed by atoms with Crippen LogP contribution >= 0.6 is 15.9 Å². The maximum absolute atomic E-state index is 10.7. The van der Waals surface area contributed by atoms with Crippen molar-refractivity contribution in [1.29, 1.82) is 0 Å². The third-order valence-electron chi connectivity index (χ3n) is 1.83. The average molecular weight is 275 g/mol. The lowest BCUT2D eigenvalue weighted by Crippen LogP contribution is -2.19. The quantitative estimate of drug-likeness (QED) is 0.652. The lowest BCUT2D eigenvalue weighted by molar-refractivity contribution is -0.384. The molecular weight excluding hydrogens is 264 g/mol. The molecule has 0 aliphatic heterocycles. The summed E-state index contributed by atoms with van der Waals surface area (Å²) in [7, 11) is 0. The van der Waals surface area contributed by atoms with Crippen molar-refractivity contribution in [3.05, 3.63) is 32.8 Å². The predicted molar refractivity (Wildman–Crippen MR) is 61.0 cm³/mol. The highest BCUT2D eigenvalue weighted by Gasteiger charge is 2.14. The molecule has 0 bridgehead atoms. The number of nitrogens with zero attached hydrogens (tertiary/aromatic N) is 1. The Balaban J connectivity index is 3.02. The summed E-state index contributed by atoms with van der Waals surface area (Å²) in [5, 5.41) is 22.4. The molecule has 82 valence electrons. The lowest BCUT2D eigenvalue weighted by Gasteiger charge is -2.12. The molecule has 0 aliphatic carbocycles. The highest BCUT2D eigenvalue weighted by atomic mass is 79.9. The van der Waals surface area contributed by atoms with Crippen LogP contribution in [0.3, 0.4) is 0 Å². The third-order valence-corrected chi connectivity index (χ3v) is 2.32. The van der Waals surface area contributed by atoms with Gasteiger partial charge in [-0.3, -0.25) is 10.1 Å². The minimum absolute atomic E-state index is 0.00139. The van der Waals surface area contributed by atoms with Gasteiger partial charge in [0, 0.05) is 16.6 Å². The van der Waals surface area contributed by atoms with Gasteiger partial charge in [0.15, 0.2) is 0 Å². The van der Waals surface area contributed by atoms with Crippen molar-refractivity contribution in [2.75, 3.05) is 11.9 Å². The summed E-state index contributed by atoms with van der Waals surface area (Å²) < 4.78 is 0.751.